The van der Waals surface area contributed by atoms with Crippen LogP contribution in [0.1, 0.15) is 45.1 Å². The Morgan fingerprint density at radius 2 is 1.93 bits per heavy atom. The highest BCUT2D eigenvalue weighted by molar-refractivity contribution is 5.27. The summed E-state index contributed by atoms with van der Waals surface area (Å²) in [5.41, 5.74) is 1.34. The predicted octanol–water partition coefficient (Wildman–Crippen LogP) is 4.01. The molecule has 0 spiro atoms. The van der Waals surface area contributed by atoms with Gasteiger partial charge in [0.15, 0.2) is 0 Å². The molecule has 0 bridgehead atoms. The van der Waals surface area contributed by atoms with Gasteiger partial charge in [-0.25, -0.2) is 0 Å². The van der Waals surface area contributed by atoms with Crippen LogP contribution in [-0.2, 0) is 6.42 Å². The minimum absolute atomic E-state index is 0.821. The molecule has 0 saturated carbocycles. The van der Waals surface area contributed by atoms with Crippen LogP contribution in [0.4, 0.5) is 0 Å². The normalized spacial score (nSPS) is 10.3. The fraction of sp³-hybridized carbons (Fsp3) is 0.571. The van der Waals surface area contributed by atoms with Gasteiger partial charge in [-0.2, -0.15) is 0 Å². The molecule has 83 valence electrons. The minimum Gasteiger partial charge on any atom is -0.494 e. The van der Waals surface area contributed by atoms with Gasteiger partial charge in [0.1, 0.15) is 5.75 Å². The van der Waals surface area contributed by atoms with E-state index in [-0.39, 0.29) is 0 Å². The molecule has 0 aromatic heterocycles. The Hall–Kier alpha value is -0.980. The predicted molar refractivity (Wildman–Crippen MR) is 64.3 cm³/mol. The van der Waals surface area contributed by atoms with Gasteiger partial charge in [0.2, 0.25) is 0 Å². The molecule has 1 aromatic carbocycles. The molecule has 1 radical (unpaired) electrons. The van der Waals surface area contributed by atoms with E-state index in [1.165, 1.54) is 24.8 Å². The number of benzene rings is 1. The van der Waals surface area contributed by atoms with Crippen molar-refractivity contribution in [1.82, 2.24) is 0 Å². The first-order valence-corrected chi connectivity index (χ1v) is 5.99. The van der Waals surface area contributed by atoms with Crippen molar-refractivity contribution in [2.24, 2.45) is 0 Å². The maximum absolute atomic E-state index is 5.64. The Morgan fingerprint density at radius 3 is 2.67 bits per heavy atom. The van der Waals surface area contributed by atoms with Crippen LogP contribution >= 0.6 is 0 Å². The van der Waals surface area contributed by atoms with E-state index in [1.54, 1.807) is 0 Å². The molecule has 0 atom stereocenters. The average molecular weight is 205 g/mol. The van der Waals surface area contributed by atoms with Gasteiger partial charge in [0.25, 0.3) is 0 Å². The van der Waals surface area contributed by atoms with E-state index in [0.29, 0.717) is 0 Å². The van der Waals surface area contributed by atoms with Crippen molar-refractivity contribution in [3.05, 3.63) is 29.8 Å². The lowest BCUT2D eigenvalue weighted by Gasteiger charge is -2.06. The van der Waals surface area contributed by atoms with Crippen LogP contribution in [0.5, 0.6) is 5.75 Å². The van der Waals surface area contributed by atoms with Gasteiger partial charge in [-0.15, -0.1) is 0 Å². The van der Waals surface area contributed by atoms with Gasteiger partial charge < -0.3 is 4.74 Å². The van der Waals surface area contributed by atoms with Crippen molar-refractivity contribution < 1.29 is 4.74 Å². The van der Waals surface area contributed by atoms with Crippen LogP contribution in [0, 0.1) is 6.07 Å². The third kappa shape index (κ3) is 4.87. The molecule has 15 heavy (non-hydrogen) atoms. The molecule has 0 saturated heterocycles. The van der Waals surface area contributed by atoms with Crippen molar-refractivity contribution >= 4 is 0 Å². The lowest BCUT2D eigenvalue weighted by atomic mass is 10.1. The molecule has 0 heterocycles. The van der Waals surface area contributed by atoms with E-state index in [9.17, 15) is 0 Å². The second-order valence-electron chi connectivity index (χ2n) is 3.88. The van der Waals surface area contributed by atoms with E-state index in [4.69, 9.17) is 4.74 Å². The van der Waals surface area contributed by atoms with Crippen LogP contribution in [0.2, 0.25) is 0 Å². The van der Waals surface area contributed by atoms with E-state index < -0.39 is 0 Å². The Bertz CT molecular complexity index is 268. The summed E-state index contributed by atoms with van der Waals surface area (Å²) in [4.78, 5) is 0. The number of unbranched alkanes of at least 4 members (excludes halogenated alkanes) is 2. The summed E-state index contributed by atoms with van der Waals surface area (Å²) >= 11 is 0. The lowest BCUT2D eigenvalue weighted by molar-refractivity contribution is 0.309. The summed E-state index contributed by atoms with van der Waals surface area (Å²) in [7, 11) is 0. The van der Waals surface area contributed by atoms with E-state index >= 15 is 0 Å². The third-order valence-corrected chi connectivity index (χ3v) is 2.41. The van der Waals surface area contributed by atoms with Gasteiger partial charge in [0.05, 0.1) is 6.61 Å². The first kappa shape index (κ1) is 12.1. The van der Waals surface area contributed by atoms with Crippen LogP contribution in [0.15, 0.2) is 18.2 Å². The summed E-state index contributed by atoms with van der Waals surface area (Å²) in [6.45, 7) is 5.21. The van der Waals surface area contributed by atoms with Gasteiger partial charge >= 0.3 is 0 Å². The minimum atomic E-state index is 0.821. The first-order chi connectivity index (χ1) is 7.36. The van der Waals surface area contributed by atoms with Gasteiger partial charge in [-0.1, -0.05) is 32.8 Å². The topological polar surface area (TPSA) is 9.23 Å². The van der Waals surface area contributed by atoms with Crippen molar-refractivity contribution in [2.75, 3.05) is 6.61 Å². The molecular formula is C14H21O. The molecule has 0 fully saturated rings. The van der Waals surface area contributed by atoms with Crippen molar-refractivity contribution in [3.8, 4) is 5.75 Å². The lowest BCUT2D eigenvalue weighted by Crippen LogP contribution is -1.97. The first-order valence-electron chi connectivity index (χ1n) is 5.99. The van der Waals surface area contributed by atoms with Crippen LogP contribution in [0.25, 0.3) is 0 Å². The maximum atomic E-state index is 5.64. The molecule has 1 aromatic rings. The largest absolute Gasteiger partial charge is 0.494 e. The van der Waals surface area contributed by atoms with Crippen LogP contribution < -0.4 is 4.74 Å². The number of aryl methyl sites for hydroxylation is 1. The molecule has 0 N–H and O–H groups in total. The van der Waals surface area contributed by atoms with Gasteiger partial charge in [-0.05, 0) is 43.0 Å². The van der Waals surface area contributed by atoms with Crippen molar-refractivity contribution in [2.45, 2.75) is 46.0 Å². The highest BCUT2D eigenvalue weighted by Crippen LogP contribution is 2.15. The smallest absolute Gasteiger partial charge is 0.120 e. The summed E-state index contributed by atoms with van der Waals surface area (Å²) in [6, 6.07) is 9.26. The fourth-order valence-corrected chi connectivity index (χ4v) is 1.44. The second kappa shape index (κ2) is 7.33. The van der Waals surface area contributed by atoms with E-state index in [1.807, 2.05) is 6.07 Å². The zero-order chi connectivity index (χ0) is 10.9. The van der Waals surface area contributed by atoms with Gasteiger partial charge in [0, 0.05) is 0 Å². The quantitative estimate of drug-likeness (QED) is 0.611. The highest BCUT2D eigenvalue weighted by atomic mass is 16.5. The maximum Gasteiger partial charge on any atom is 0.120 e. The molecule has 0 aliphatic carbocycles. The standard InChI is InChI=1S/C14H21O/c1-3-5-8-13-9-7-10-14(12-13)15-11-6-4-2/h9-10,12H,3-6,8,11H2,1-2H3. The SMILES string of the molecule is CCCCOc1c[c]cc(CCCC)c1. The molecule has 0 amide bonds. The Balaban J connectivity index is 2.42. The third-order valence-electron chi connectivity index (χ3n) is 2.41. The molecule has 1 rings (SSSR count). The average Bonchev–Trinajstić information content (AvgIpc) is 2.27. The number of ether oxygens (including phenoxy) is 1. The zero-order valence-electron chi connectivity index (χ0n) is 9.88. The Morgan fingerprint density at radius 1 is 1.13 bits per heavy atom. The molecular weight excluding hydrogens is 184 g/mol. The fourth-order valence-electron chi connectivity index (χ4n) is 1.44. The Kier molecular flexibility index (Phi) is 5.91. The number of rotatable bonds is 7. The summed E-state index contributed by atoms with van der Waals surface area (Å²) in [6.07, 6.45) is 5.92. The highest BCUT2D eigenvalue weighted by Gasteiger charge is 1.96. The van der Waals surface area contributed by atoms with E-state index in [0.717, 1.165) is 25.2 Å². The van der Waals surface area contributed by atoms with Crippen LogP contribution in [0.3, 0.4) is 0 Å². The summed E-state index contributed by atoms with van der Waals surface area (Å²) in [5.74, 6) is 0.969. The molecule has 1 nitrogen and oxygen atoms in total. The summed E-state index contributed by atoms with van der Waals surface area (Å²) < 4.78 is 5.64. The monoisotopic (exact) mass is 205 g/mol. The van der Waals surface area contributed by atoms with Gasteiger partial charge in [-0.3, -0.25) is 0 Å². The molecule has 0 aliphatic heterocycles. The van der Waals surface area contributed by atoms with Crippen LogP contribution in [-0.4, -0.2) is 6.61 Å². The zero-order valence-corrected chi connectivity index (χ0v) is 9.88. The second-order valence-corrected chi connectivity index (χ2v) is 3.88. The van der Waals surface area contributed by atoms with Crippen molar-refractivity contribution in [3.63, 3.8) is 0 Å². The number of hydrogen-bond donors (Lipinski definition) is 0. The molecule has 0 aliphatic rings. The number of hydrogen-bond acceptors (Lipinski definition) is 1. The molecule has 1 heteroatoms. The summed E-state index contributed by atoms with van der Waals surface area (Å²) in [5, 5.41) is 0. The molecule has 0 unspecified atom stereocenters. The van der Waals surface area contributed by atoms with Crippen molar-refractivity contribution in [1.29, 1.82) is 0 Å². The Labute approximate surface area is 93.5 Å². The van der Waals surface area contributed by atoms with E-state index in [2.05, 4.69) is 32.0 Å².